The summed E-state index contributed by atoms with van der Waals surface area (Å²) in [4.78, 5) is 33.5. The first kappa shape index (κ1) is 64.1. The van der Waals surface area contributed by atoms with Gasteiger partial charge in [0.25, 0.3) is 0 Å². The van der Waals surface area contributed by atoms with Crippen LogP contribution in [0, 0.1) is 0 Å². The van der Waals surface area contributed by atoms with E-state index >= 15 is 0 Å². The van der Waals surface area contributed by atoms with Crippen molar-refractivity contribution in [3.63, 3.8) is 0 Å². The molecule has 0 spiro atoms. The number of carbonyl (C=O) groups excluding carboxylic acids is 2. The highest BCUT2D eigenvalue weighted by atomic mass is 16.5. The van der Waals surface area contributed by atoms with Crippen LogP contribution >= 0.6 is 0 Å². The van der Waals surface area contributed by atoms with Gasteiger partial charge in [-0.25, -0.2) is 0 Å². The van der Waals surface area contributed by atoms with Crippen LogP contribution in [0.5, 0.6) is 0 Å². The van der Waals surface area contributed by atoms with Crippen molar-refractivity contribution < 1.29 is 19.1 Å². The van der Waals surface area contributed by atoms with Gasteiger partial charge in [0.2, 0.25) is 0 Å². The summed E-state index contributed by atoms with van der Waals surface area (Å²) in [7, 11) is 2.20. The number of ether oxygens (including phenoxy) is 2. The van der Waals surface area contributed by atoms with Gasteiger partial charge in [0, 0.05) is 58.3 Å². The van der Waals surface area contributed by atoms with Crippen molar-refractivity contribution in [2.24, 2.45) is 0 Å². The molecule has 0 saturated carbocycles. The molecule has 2 heterocycles. The third-order valence-corrected chi connectivity index (χ3v) is 15.0. The molecule has 0 atom stereocenters. The average molecular weight is 986 g/mol. The van der Waals surface area contributed by atoms with Crippen molar-refractivity contribution in [3.8, 4) is 0 Å². The summed E-state index contributed by atoms with van der Waals surface area (Å²) in [5, 5.41) is 9.08. The molecule has 1 aliphatic rings. The first-order chi connectivity index (χ1) is 34.4. The van der Waals surface area contributed by atoms with E-state index in [0.29, 0.717) is 12.8 Å². The number of piperazine rings is 1. The molecule has 0 bridgehead atoms. The minimum atomic E-state index is 0.0270. The second kappa shape index (κ2) is 46.7. The van der Waals surface area contributed by atoms with Crippen LogP contribution < -0.4 is 0 Å². The van der Waals surface area contributed by atoms with Crippen LogP contribution in [0.3, 0.4) is 0 Å². The Hall–Kier alpha value is -2.04. The fourth-order valence-electron chi connectivity index (χ4n) is 10.2. The summed E-state index contributed by atoms with van der Waals surface area (Å²) < 4.78 is 14.3. The maximum absolute atomic E-state index is 13.0. The molecular weight excluding hydrogens is 869 g/mol. The molecule has 1 aromatic rings. The van der Waals surface area contributed by atoms with E-state index in [4.69, 9.17) is 9.47 Å². The van der Waals surface area contributed by atoms with E-state index in [1.165, 1.54) is 193 Å². The lowest BCUT2D eigenvalue weighted by molar-refractivity contribution is -0.151. The van der Waals surface area contributed by atoms with Gasteiger partial charge in [0.1, 0.15) is 12.2 Å². The molecule has 0 radical (unpaired) electrons. The zero-order valence-electron chi connectivity index (χ0n) is 47.2. The van der Waals surface area contributed by atoms with Crippen LogP contribution in [-0.4, -0.2) is 107 Å². The summed E-state index contributed by atoms with van der Waals surface area (Å²) >= 11 is 0. The highest BCUT2D eigenvalue weighted by molar-refractivity contribution is 5.69. The summed E-state index contributed by atoms with van der Waals surface area (Å²) in [6.45, 7) is 18.4. The Morgan fingerprint density at radius 2 is 0.843 bits per heavy atom. The molecule has 1 aliphatic heterocycles. The number of esters is 2. The van der Waals surface area contributed by atoms with Crippen LogP contribution in [0.15, 0.2) is 6.20 Å². The summed E-state index contributed by atoms with van der Waals surface area (Å²) in [5.41, 5.74) is 1.07. The second-order valence-corrected chi connectivity index (χ2v) is 21.9. The fraction of sp³-hybridized carbons (Fsp3) is 0.933. The second-order valence-electron chi connectivity index (χ2n) is 21.9. The summed E-state index contributed by atoms with van der Waals surface area (Å²) in [6.07, 6.45) is 49.6. The van der Waals surface area contributed by atoms with E-state index in [9.17, 15) is 9.59 Å². The van der Waals surface area contributed by atoms with Crippen molar-refractivity contribution >= 4 is 11.9 Å². The number of rotatable bonds is 51. The Morgan fingerprint density at radius 3 is 1.24 bits per heavy atom. The third-order valence-electron chi connectivity index (χ3n) is 15.0. The maximum atomic E-state index is 13.0. The van der Waals surface area contributed by atoms with Gasteiger partial charge in [-0.3, -0.25) is 19.2 Å². The lowest BCUT2D eigenvalue weighted by Crippen LogP contribution is -2.43. The monoisotopic (exact) mass is 985 g/mol. The topological polar surface area (TPSA) is 93.0 Å². The molecule has 10 nitrogen and oxygen atoms in total. The van der Waals surface area contributed by atoms with Gasteiger partial charge >= 0.3 is 11.9 Å². The predicted molar refractivity (Wildman–Crippen MR) is 296 cm³/mol. The van der Waals surface area contributed by atoms with E-state index in [1.54, 1.807) is 0 Å². The van der Waals surface area contributed by atoms with Crippen molar-refractivity contribution in [3.05, 3.63) is 11.9 Å². The molecule has 0 unspecified atom stereocenters. The van der Waals surface area contributed by atoms with Gasteiger partial charge in [-0.1, -0.05) is 200 Å². The molecule has 1 aromatic heterocycles. The maximum Gasteiger partial charge on any atom is 0.306 e. The molecule has 0 aromatic carbocycles. The molecule has 2 rings (SSSR count). The smallest absolute Gasteiger partial charge is 0.306 e. The normalized spacial score (nSPS) is 13.7. The Labute approximate surface area is 433 Å². The molecule has 0 N–H and O–H groups in total. The SMILES string of the molecule is CCCCCCCCC(CCCCCCCC)OC(=O)CCCCCCCN(CCCCCCCC(=O)OC(CCCCCCCC)CCCCCCCC)CCn1cc(CN2CCN(C)CC2)nn1. The zero-order chi connectivity index (χ0) is 50.4. The Kier molecular flexibility index (Phi) is 42.8. The van der Waals surface area contributed by atoms with Gasteiger partial charge in [-0.2, -0.15) is 0 Å². The fourth-order valence-corrected chi connectivity index (χ4v) is 10.2. The molecule has 0 amide bonds. The molecule has 410 valence electrons. The third kappa shape index (κ3) is 37.7. The van der Waals surface area contributed by atoms with Crippen molar-refractivity contribution in [1.82, 2.24) is 29.7 Å². The largest absolute Gasteiger partial charge is 0.462 e. The van der Waals surface area contributed by atoms with Crippen LogP contribution in [0.4, 0.5) is 0 Å². The Balaban J connectivity index is 1.76. The molecule has 10 heteroatoms. The van der Waals surface area contributed by atoms with Crippen LogP contribution in [-0.2, 0) is 32.2 Å². The number of unbranched alkanes of at least 4 members (excludes halogenated alkanes) is 28. The molecule has 0 aliphatic carbocycles. The molecule has 70 heavy (non-hydrogen) atoms. The lowest BCUT2D eigenvalue weighted by atomic mass is 10.0. The van der Waals surface area contributed by atoms with Crippen molar-refractivity contribution in [2.45, 2.75) is 310 Å². The van der Waals surface area contributed by atoms with Gasteiger partial charge in [0.05, 0.1) is 12.2 Å². The molecule has 1 fully saturated rings. The predicted octanol–water partition coefficient (Wildman–Crippen LogP) is 15.8. The summed E-state index contributed by atoms with van der Waals surface area (Å²) in [5.74, 6) is 0.0539. The number of likely N-dealkylation sites (N-methyl/N-ethyl adjacent to an activating group) is 1. The quantitative estimate of drug-likeness (QED) is 0.0467. The number of nitrogens with zero attached hydrogens (tertiary/aromatic N) is 6. The Morgan fingerprint density at radius 1 is 0.486 bits per heavy atom. The first-order valence-corrected chi connectivity index (χ1v) is 30.8. The molecule has 1 saturated heterocycles. The van der Waals surface area contributed by atoms with Crippen LogP contribution in [0.1, 0.15) is 290 Å². The number of hydrogen-bond acceptors (Lipinski definition) is 9. The van der Waals surface area contributed by atoms with E-state index in [2.05, 4.69) is 66.0 Å². The summed E-state index contributed by atoms with van der Waals surface area (Å²) in [6, 6.07) is 0. The van der Waals surface area contributed by atoms with E-state index in [-0.39, 0.29) is 24.1 Å². The number of aromatic nitrogens is 3. The van der Waals surface area contributed by atoms with E-state index in [1.807, 2.05) is 4.68 Å². The Bertz CT molecular complexity index is 1210. The average Bonchev–Trinajstić information content (AvgIpc) is 3.81. The highest BCUT2D eigenvalue weighted by Crippen LogP contribution is 2.21. The van der Waals surface area contributed by atoms with Gasteiger partial charge in [-0.05, 0) is 97.2 Å². The van der Waals surface area contributed by atoms with Crippen LogP contribution in [0.2, 0.25) is 0 Å². The number of hydrogen-bond donors (Lipinski definition) is 0. The number of carbonyl (C=O) groups is 2. The molecular formula is C60H116N6O4. The van der Waals surface area contributed by atoms with Gasteiger partial charge in [-0.15, -0.1) is 5.10 Å². The first-order valence-electron chi connectivity index (χ1n) is 30.8. The standard InChI is InChI=1S/C60H116N6O4/c1-6-10-14-18-24-32-40-57(41-33-25-19-15-11-7-2)69-59(67)44-36-28-22-30-38-46-64(52-53-66-55-56(61-62-66)54-65-50-48-63(5)49-51-65)47-39-31-23-29-37-45-60(68)70-58(42-34-26-20-16-12-8-3)43-35-27-21-17-13-9-4/h55,57-58H,6-54H2,1-5H3. The van der Waals surface area contributed by atoms with Crippen molar-refractivity contribution in [1.29, 1.82) is 0 Å². The van der Waals surface area contributed by atoms with Gasteiger partial charge < -0.3 is 19.3 Å². The van der Waals surface area contributed by atoms with E-state index in [0.717, 1.165) is 116 Å². The minimum absolute atomic E-state index is 0.0270. The van der Waals surface area contributed by atoms with E-state index < -0.39 is 0 Å². The zero-order valence-corrected chi connectivity index (χ0v) is 47.2. The van der Waals surface area contributed by atoms with Crippen molar-refractivity contribution in [2.75, 3.05) is 52.9 Å². The minimum Gasteiger partial charge on any atom is -0.462 e. The van der Waals surface area contributed by atoms with Gasteiger partial charge in [0.15, 0.2) is 0 Å². The highest BCUT2D eigenvalue weighted by Gasteiger charge is 2.18. The van der Waals surface area contributed by atoms with Crippen LogP contribution in [0.25, 0.3) is 0 Å². The lowest BCUT2D eigenvalue weighted by Gasteiger charge is -2.31.